The molecule has 0 aliphatic carbocycles. The molecule has 5 nitrogen and oxygen atoms in total. The van der Waals surface area contributed by atoms with Crippen LogP contribution in [0.5, 0.6) is 0 Å². The molecule has 0 aliphatic heterocycles. The molecule has 1 amide bonds. The van der Waals surface area contributed by atoms with Gasteiger partial charge in [-0.3, -0.25) is 9.78 Å². The maximum Gasteiger partial charge on any atom is 0.338 e. The number of nitrogens with one attached hydrogen (secondary N) is 1. The zero-order chi connectivity index (χ0) is 14.5. The highest BCUT2D eigenvalue weighted by molar-refractivity contribution is 6.03. The van der Waals surface area contributed by atoms with Crippen LogP contribution in [0, 0.1) is 6.92 Å². The number of aromatic nitrogens is 1. The predicted octanol–water partition coefficient (Wildman–Crippen LogP) is 2.02. The maximum atomic E-state index is 12.0. The summed E-state index contributed by atoms with van der Waals surface area (Å²) in [6.45, 7) is 2.28. The van der Waals surface area contributed by atoms with Crippen molar-refractivity contribution in [3.63, 3.8) is 0 Å². The van der Waals surface area contributed by atoms with E-state index in [1.165, 1.54) is 18.3 Å². The highest BCUT2D eigenvalue weighted by Crippen LogP contribution is 2.08. The fourth-order valence-corrected chi connectivity index (χ4v) is 1.83. The summed E-state index contributed by atoms with van der Waals surface area (Å²) in [4.78, 5) is 26.9. The van der Waals surface area contributed by atoms with Crippen molar-refractivity contribution < 1.29 is 14.7 Å². The molecule has 1 aromatic heterocycles. The summed E-state index contributed by atoms with van der Waals surface area (Å²) in [6, 6.07) is 10.5. The van der Waals surface area contributed by atoms with Crippen molar-refractivity contribution in [2.45, 2.75) is 13.5 Å². The Balaban J connectivity index is 2.14. The van der Waals surface area contributed by atoms with Gasteiger partial charge in [0.2, 0.25) is 0 Å². The van der Waals surface area contributed by atoms with Crippen molar-refractivity contribution in [2.24, 2.45) is 0 Å². The number of benzene rings is 1. The first kappa shape index (κ1) is 13.7. The van der Waals surface area contributed by atoms with Crippen LogP contribution >= 0.6 is 0 Å². The van der Waals surface area contributed by atoms with Crippen molar-refractivity contribution in [1.29, 1.82) is 0 Å². The minimum Gasteiger partial charge on any atom is -0.478 e. The van der Waals surface area contributed by atoms with Crippen LogP contribution < -0.4 is 5.32 Å². The van der Waals surface area contributed by atoms with Gasteiger partial charge in [0, 0.05) is 12.7 Å². The third-order valence-electron chi connectivity index (χ3n) is 2.95. The number of aromatic carboxylic acids is 1. The molecule has 102 valence electrons. The Bertz CT molecular complexity index is 653. The number of carboxylic acid groups (broad SMARTS) is 1. The van der Waals surface area contributed by atoms with E-state index in [1.807, 2.05) is 31.2 Å². The Kier molecular flexibility index (Phi) is 4.10. The van der Waals surface area contributed by atoms with Gasteiger partial charge in [-0.2, -0.15) is 0 Å². The lowest BCUT2D eigenvalue weighted by Crippen LogP contribution is -2.26. The molecule has 0 atom stereocenters. The van der Waals surface area contributed by atoms with Crippen LogP contribution in [0.25, 0.3) is 0 Å². The zero-order valence-corrected chi connectivity index (χ0v) is 11.0. The summed E-state index contributed by atoms with van der Waals surface area (Å²) in [5.41, 5.74) is 1.87. The second-order valence-electron chi connectivity index (χ2n) is 4.31. The number of carbonyl (C=O) groups is 2. The fraction of sp³-hybridized carbons (Fsp3) is 0.133. The van der Waals surface area contributed by atoms with Crippen molar-refractivity contribution in [3.05, 3.63) is 65.0 Å². The Morgan fingerprint density at radius 3 is 2.65 bits per heavy atom. The molecule has 20 heavy (non-hydrogen) atoms. The third kappa shape index (κ3) is 3.00. The molecule has 0 fully saturated rings. The molecule has 1 aromatic carbocycles. The number of carboxylic acids is 1. The number of pyridine rings is 1. The first-order valence-electron chi connectivity index (χ1n) is 6.10. The molecule has 5 heteroatoms. The smallest absolute Gasteiger partial charge is 0.338 e. The molecule has 0 bridgehead atoms. The van der Waals surface area contributed by atoms with E-state index in [0.717, 1.165) is 11.1 Å². The minimum absolute atomic E-state index is 0.0754. The molecule has 0 radical (unpaired) electrons. The van der Waals surface area contributed by atoms with Crippen LogP contribution in [0.1, 0.15) is 32.0 Å². The van der Waals surface area contributed by atoms with Crippen molar-refractivity contribution in [3.8, 4) is 0 Å². The molecular weight excluding hydrogens is 256 g/mol. The minimum atomic E-state index is -1.17. The lowest BCUT2D eigenvalue weighted by Gasteiger charge is -2.08. The number of amides is 1. The highest BCUT2D eigenvalue weighted by Gasteiger charge is 2.17. The van der Waals surface area contributed by atoms with Gasteiger partial charge in [0.15, 0.2) is 0 Å². The molecule has 0 saturated heterocycles. The van der Waals surface area contributed by atoms with Crippen molar-refractivity contribution in [2.75, 3.05) is 0 Å². The van der Waals surface area contributed by atoms with E-state index in [0.29, 0.717) is 6.54 Å². The molecule has 2 N–H and O–H groups in total. The summed E-state index contributed by atoms with van der Waals surface area (Å²) >= 11 is 0. The molecule has 2 rings (SSSR count). The molecule has 0 spiro atoms. The van der Waals surface area contributed by atoms with E-state index in [-0.39, 0.29) is 11.3 Å². The lowest BCUT2D eigenvalue weighted by molar-refractivity contribution is 0.0690. The highest BCUT2D eigenvalue weighted by atomic mass is 16.4. The van der Waals surface area contributed by atoms with Crippen molar-refractivity contribution in [1.82, 2.24) is 10.3 Å². The summed E-state index contributed by atoms with van der Waals surface area (Å²) in [7, 11) is 0. The van der Waals surface area contributed by atoms with Gasteiger partial charge in [0.1, 0.15) is 5.69 Å². The van der Waals surface area contributed by atoms with Crippen molar-refractivity contribution >= 4 is 11.9 Å². The summed E-state index contributed by atoms with van der Waals surface area (Å²) < 4.78 is 0. The van der Waals surface area contributed by atoms with Gasteiger partial charge in [-0.15, -0.1) is 0 Å². The van der Waals surface area contributed by atoms with E-state index < -0.39 is 11.9 Å². The van der Waals surface area contributed by atoms with Gasteiger partial charge in [-0.05, 0) is 30.2 Å². The molecule has 0 aliphatic rings. The molecule has 0 unspecified atom stereocenters. The summed E-state index contributed by atoms with van der Waals surface area (Å²) in [6.07, 6.45) is 1.40. The number of carbonyl (C=O) groups excluding carboxylic acids is 1. The van der Waals surface area contributed by atoms with E-state index in [4.69, 9.17) is 5.11 Å². The monoisotopic (exact) mass is 270 g/mol. The molecule has 1 heterocycles. The van der Waals surface area contributed by atoms with Crippen LogP contribution in [0.2, 0.25) is 0 Å². The first-order chi connectivity index (χ1) is 9.59. The number of hydrogen-bond acceptors (Lipinski definition) is 3. The number of aryl methyl sites for hydroxylation is 1. The second-order valence-corrected chi connectivity index (χ2v) is 4.31. The largest absolute Gasteiger partial charge is 0.478 e. The average molecular weight is 270 g/mol. The van der Waals surface area contributed by atoms with Crippen LogP contribution in [0.15, 0.2) is 42.6 Å². The first-order valence-corrected chi connectivity index (χ1v) is 6.10. The second kappa shape index (κ2) is 5.97. The Hall–Kier alpha value is -2.69. The Morgan fingerprint density at radius 2 is 1.95 bits per heavy atom. The van der Waals surface area contributed by atoms with E-state index in [2.05, 4.69) is 10.3 Å². The quantitative estimate of drug-likeness (QED) is 0.890. The SMILES string of the molecule is Cc1ccccc1CNC(=O)c1ncccc1C(=O)O. The van der Waals surface area contributed by atoms with Gasteiger partial charge in [-0.1, -0.05) is 24.3 Å². The van der Waals surface area contributed by atoms with E-state index in [9.17, 15) is 9.59 Å². The van der Waals surface area contributed by atoms with E-state index >= 15 is 0 Å². The van der Waals surface area contributed by atoms with Crippen LogP contribution in [-0.2, 0) is 6.54 Å². The Labute approximate surface area is 116 Å². The third-order valence-corrected chi connectivity index (χ3v) is 2.95. The van der Waals surface area contributed by atoms with Gasteiger partial charge >= 0.3 is 5.97 Å². The topological polar surface area (TPSA) is 79.3 Å². The van der Waals surface area contributed by atoms with Gasteiger partial charge < -0.3 is 10.4 Å². The van der Waals surface area contributed by atoms with Crippen LogP contribution in [0.3, 0.4) is 0 Å². The fourth-order valence-electron chi connectivity index (χ4n) is 1.83. The zero-order valence-electron chi connectivity index (χ0n) is 11.0. The maximum absolute atomic E-state index is 12.0. The van der Waals surface area contributed by atoms with Gasteiger partial charge in [0.05, 0.1) is 5.56 Å². The molecular formula is C15H14N2O3. The van der Waals surface area contributed by atoms with Crippen LogP contribution in [-0.4, -0.2) is 22.0 Å². The summed E-state index contributed by atoms with van der Waals surface area (Å²) in [5.74, 6) is -1.66. The van der Waals surface area contributed by atoms with E-state index in [1.54, 1.807) is 0 Å². The predicted molar refractivity (Wildman–Crippen MR) is 73.5 cm³/mol. The van der Waals surface area contributed by atoms with Gasteiger partial charge in [0.25, 0.3) is 5.91 Å². The molecule has 0 saturated carbocycles. The standard InChI is InChI=1S/C15H14N2O3/c1-10-5-2-3-6-11(10)9-17-14(18)13-12(15(19)20)7-4-8-16-13/h2-8H,9H2,1H3,(H,17,18)(H,19,20). The summed E-state index contributed by atoms with van der Waals surface area (Å²) in [5, 5.41) is 11.7. The molecule has 2 aromatic rings. The Morgan fingerprint density at radius 1 is 1.20 bits per heavy atom. The van der Waals surface area contributed by atoms with Gasteiger partial charge in [-0.25, -0.2) is 4.79 Å². The number of nitrogens with zero attached hydrogens (tertiary/aromatic N) is 1. The van der Waals surface area contributed by atoms with Crippen LogP contribution in [0.4, 0.5) is 0 Å². The lowest BCUT2D eigenvalue weighted by atomic mass is 10.1. The normalized spacial score (nSPS) is 10.1. The average Bonchev–Trinajstić information content (AvgIpc) is 2.46. The number of hydrogen-bond donors (Lipinski definition) is 2. The number of rotatable bonds is 4.